The number of anilines is 1. The van der Waals surface area contributed by atoms with Crippen molar-refractivity contribution in [3.05, 3.63) is 53.6 Å². The number of aryl methyl sites for hydroxylation is 1. The molecule has 0 heterocycles. The van der Waals surface area contributed by atoms with Gasteiger partial charge in [-0.1, -0.05) is 13.0 Å². The molecule has 0 aliphatic rings. The summed E-state index contributed by atoms with van der Waals surface area (Å²) in [7, 11) is -2.29. The smallest absolute Gasteiger partial charge is 0.262 e. The van der Waals surface area contributed by atoms with Crippen LogP contribution in [0.5, 0.6) is 5.75 Å². The van der Waals surface area contributed by atoms with Crippen LogP contribution in [0.2, 0.25) is 0 Å². The zero-order valence-electron chi connectivity index (χ0n) is 15.7. The van der Waals surface area contributed by atoms with Gasteiger partial charge in [-0.3, -0.25) is 9.52 Å². The molecule has 0 unspecified atom stereocenters. The van der Waals surface area contributed by atoms with Crippen molar-refractivity contribution in [2.45, 2.75) is 18.7 Å². The van der Waals surface area contributed by atoms with Gasteiger partial charge < -0.3 is 15.4 Å². The van der Waals surface area contributed by atoms with E-state index in [0.29, 0.717) is 35.7 Å². The molecule has 8 heteroatoms. The van der Waals surface area contributed by atoms with Gasteiger partial charge in [0, 0.05) is 24.3 Å². The molecule has 146 valence electrons. The molecule has 0 bridgehead atoms. The van der Waals surface area contributed by atoms with Crippen LogP contribution in [-0.2, 0) is 10.0 Å². The van der Waals surface area contributed by atoms with E-state index in [-0.39, 0.29) is 10.8 Å². The Hall–Kier alpha value is -2.58. The number of benzene rings is 2. The van der Waals surface area contributed by atoms with Crippen LogP contribution in [-0.4, -0.2) is 41.1 Å². The Morgan fingerprint density at radius 2 is 1.78 bits per heavy atom. The summed E-state index contributed by atoms with van der Waals surface area (Å²) in [6.07, 6.45) is 0. The minimum absolute atomic E-state index is 0.0673. The molecule has 0 saturated carbocycles. The van der Waals surface area contributed by atoms with Gasteiger partial charge in [0.05, 0.1) is 12.0 Å². The van der Waals surface area contributed by atoms with E-state index in [1.54, 1.807) is 43.3 Å². The molecular weight excluding hydrogens is 366 g/mol. The molecule has 0 radical (unpaired) electrons. The van der Waals surface area contributed by atoms with E-state index in [1.165, 1.54) is 13.2 Å². The molecular formula is C19H25N3O4S. The molecule has 2 aromatic rings. The third kappa shape index (κ3) is 5.70. The molecule has 7 nitrogen and oxygen atoms in total. The van der Waals surface area contributed by atoms with Gasteiger partial charge in [0.25, 0.3) is 15.9 Å². The van der Waals surface area contributed by atoms with Gasteiger partial charge in [0.1, 0.15) is 5.75 Å². The van der Waals surface area contributed by atoms with Crippen molar-refractivity contribution in [2.24, 2.45) is 0 Å². The second-order valence-electron chi connectivity index (χ2n) is 5.92. The lowest BCUT2D eigenvalue weighted by Gasteiger charge is -2.12. The summed E-state index contributed by atoms with van der Waals surface area (Å²) in [5.41, 5.74) is 1.27. The van der Waals surface area contributed by atoms with E-state index in [9.17, 15) is 13.2 Å². The summed E-state index contributed by atoms with van der Waals surface area (Å²) in [5, 5.41) is 5.87. The van der Waals surface area contributed by atoms with Crippen LogP contribution in [0.25, 0.3) is 0 Å². The number of nitrogens with one attached hydrogen (secondary N) is 3. The monoisotopic (exact) mass is 391 g/mol. The molecule has 3 N–H and O–H groups in total. The molecule has 0 spiro atoms. The highest BCUT2D eigenvalue weighted by Crippen LogP contribution is 2.22. The van der Waals surface area contributed by atoms with Crippen molar-refractivity contribution in [3.8, 4) is 5.75 Å². The summed E-state index contributed by atoms with van der Waals surface area (Å²) >= 11 is 0. The first kappa shape index (κ1) is 20.7. The lowest BCUT2D eigenvalue weighted by Crippen LogP contribution is -2.31. The summed E-state index contributed by atoms with van der Waals surface area (Å²) in [4.78, 5) is 12.3. The molecule has 2 rings (SSSR count). The van der Waals surface area contributed by atoms with Gasteiger partial charge in [0.15, 0.2) is 0 Å². The highest BCUT2D eigenvalue weighted by atomic mass is 32.2. The maximum absolute atomic E-state index is 12.8. The van der Waals surface area contributed by atoms with Crippen LogP contribution in [0.3, 0.4) is 0 Å². The molecule has 0 aliphatic carbocycles. The first-order valence-corrected chi connectivity index (χ1v) is 10.1. The Morgan fingerprint density at radius 1 is 1.07 bits per heavy atom. The standard InChI is InChI=1S/C19H25N3O4S/c1-4-20-11-12-21-19(23)15-6-5-14(2)18(13-15)27(24,25)22-16-7-9-17(26-3)10-8-16/h5-10,13,20,22H,4,11-12H2,1-3H3,(H,21,23). The number of rotatable bonds is 9. The van der Waals surface area contributed by atoms with Gasteiger partial charge in [-0.15, -0.1) is 0 Å². The van der Waals surface area contributed by atoms with E-state index in [4.69, 9.17) is 4.74 Å². The Labute approximate surface area is 160 Å². The fourth-order valence-corrected chi connectivity index (χ4v) is 3.77. The third-order valence-corrected chi connectivity index (χ3v) is 5.44. The maximum Gasteiger partial charge on any atom is 0.262 e. The third-order valence-electron chi connectivity index (χ3n) is 3.92. The molecule has 0 atom stereocenters. The van der Waals surface area contributed by atoms with E-state index in [1.807, 2.05) is 6.92 Å². The van der Waals surface area contributed by atoms with Crippen molar-refractivity contribution in [3.63, 3.8) is 0 Å². The normalized spacial score (nSPS) is 11.1. The summed E-state index contributed by atoms with van der Waals surface area (Å²) in [6.45, 7) is 5.61. The van der Waals surface area contributed by atoms with Crippen LogP contribution in [0.4, 0.5) is 5.69 Å². The van der Waals surface area contributed by atoms with E-state index >= 15 is 0 Å². The number of hydrogen-bond acceptors (Lipinski definition) is 5. The Morgan fingerprint density at radius 3 is 2.41 bits per heavy atom. The number of carbonyl (C=O) groups excluding carboxylic acids is 1. The van der Waals surface area contributed by atoms with E-state index in [0.717, 1.165) is 6.54 Å². The Kier molecular flexibility index (Phi) is 7.20. The van der Waals surface area contributed by atoms with Crippen molar-refractivity contribution < 1.29 is 17.9 Å². The minimum Gasteiger partial charge on any atom is -0.497 e. The van der Waals surface area contributed by atoms with E-state index < -0.39 is 10.0 Å². The van der Waals surface area contributed by atoms with Gasteiger partial charge in [-0.25, -0.2) is 8.42 Å². The number of hydrogen-bond donors (Lipinski definition) is 3. The summed E-state index contributed by atoms with van der Waals surface area (Å²) < 4.78 is 33.1. The SMILES string of the molecule is CCNCCNC(=O)c1ccc(C)c(S(=O)(=O)Nc2ccc(OC)cc2)c1. The molecule has 27 heavy (non-hydrogen) atoms. The molecule has 0 saturated heterocycles. The lowest BCUT2D eigenvalue weighted by molar-refractivity contribution is 0.0953. The topological polar surface area (TPSA) is 96.5 Å². The van der Waals surface area contributed by atoms with Crippen LogP contribution in [0.1, 0.15) is 22.8 Å². The fraction of sp³-hybridized carbons (Fsp3) is 0.316. The van der Waals surface area contributed by atoms with Gasteiger partial charge in [-0.2, -0.15) is 0 Å². The van der Waals surface area contributed by atoms with Crippen LogP contribution >= 0.6 is 0 Å². The second-order valence-corrected chi connectivity index (χ2v) is 7.57. The van der Waals surface area contributed by atoms with Crippen molar-refractivity contribution in [1.82, 2.24) is 10.6 Å². The zero-order chi connectivity index (χ0) is 19.9. The molecule has 2 aromatic carbocycles. The number of carbonyl (C=O) groups is 1. The van der Waals surface area contributed by atoms with Gasteiger partial charge in [-0.05, 0) is 55.4 Å². The second kappa shape index (κ2) is 9.38. The molecule has 0 aromatic heterocycles. The number of methoxy groups -OCH3 is 1. The van der Waals surface area contributed by atoms with Crippen molar-refractivity contribution in [1.29, 1.82) is 0 Å². The van der Waals surface area contributed by atoms with Gasteiger partial charge in [0.2, 0.25) is 0 Å². The average Bonchev–Trinajstić information content (AvgIpc) is 2.65. The number of sulfonamides is 1. The maximum atomic E-state index is 12.8. The summed E-state index contributed by atoms with van der Waals surface area (Å²) in [6, 6.07) is 11.2. The van der Waals surface area contributed by atoms with E-state index in [2.05, 4.69) is 15.4 Å². The van der Waals surface area contributed by atoms with Crippen LogP contribution in [0.15, 0.2) is 47.4 Å². The summed E-state index contributed by atoms with van der Waals surface area (Å²) in [5.74, 6) is 0.319. The number of likely N-dealkylation sites (N-methyl/N-ethyl adjacent to an activating group) is 1. The zero-order valence-corrected chi connectivity index (χ0v) is 16.5. The predicted molar refractivity (Wildman–Crippen MR) is 106 cm³/mol. The number of ether oxygens (including phenoxy) is 1. The first-order valence-electron chi connectivity index (χ1n) is 8.64. The van der Waals surface area contributed by atoms with Gasteiger partial charge >= 0.3 is 0 Å². The Balaban J connectivity index is 2.18. The fourth-order valence-electron chi connectivity index (χ4n) is 2.44. The lowest BCUT2D eigenvalue weighted by atomic mass is 10.1. The average molecular weight is 391 g/mol. The molecule has 0 aliphatic heterocycles. The highest BCUT2D eigenvalue weighted by molar-refractivity contribution is 7.92. The van der Waals surface area contributed by atoms with Crippen molar-refractivity contribution in [2.75, 3.05) is 31.5 Å². The molecule has 1 amide bonds. The predicted octanol–water partition coefficient (Wildman–Crippen LogP) is 2.14. The Bertz CT molecular complexity index is 880. The highest BCUT2D eigenvalue weighted by Gasteiger charge is 2.19. The number of amides is 1. The van der Waals surface area contributed by atoms with Crippen molar-refractivity contribution >= 4 is 21.6 Å². The minimum atomic E-state index is -3.83. The molecule has 0 fully saturated rings. The van der Waals surface area contributed by atoms with Crippen LogP contribution < -0.4 is 20.1 Å². The van der Waals surface area contributed by atoms with Crippen LogP contribution in [0, 0.1) is 6.92 Å². The quantitative estimate of drug-likeness (QED) is 0.569. The first-order chi connectivity index (χ1) is 12.9. The largest absolute Gasteiger partial charge is 0.497 e.